The number of hydrogen-bond donors (Lipinski definition) is 1. The van der Waals surface area contributed by atoms with E-state index in [1.165, 1.54) is 18.4 Å². The molecule has 1 aliphatic carbocycles. The zero-order valence-electron chi connectivity index (χ0n) is 16.9. The second-order valence-electron chi connectivity index (χ2n) is 6.89. The van der Waals surface area contributed by atoms with Gasteiger partial charge >= 0.3 is 5.97 Å². The van der Waals surface area contributed by atoms with Crippen molar-refractivity contribution in [3.8, 4) is 0 Å². The Morgan fingerprint density at radius 2 is 2.00 bits per heavy atom. The molecule has 1 aliphatic rings. The van der Waals surface area contributed by atoms with Crippen LogP contribution in [0.3, 0.4) is 0 Å². The molecule has 1 aromatic carbocycles. The number of nitrogens with one attached hydrogen (secondary N) is 1. The van der Waals surface area contributed by atoms with Crippen molar-refractivity contribution in [2.75, 3.05) is 18.2 Å². The summed E-state index contributed by atoms with van der Waals surface area (Å²) < 4.78 is 10.5. The van der Waals surface area contributed by atoms with Gasteiger partial charge in [-0.15, -0.1) is 21.5 Å². The fraction of sp³-hybridized carbons (Fsp3) is 0.273. The fourth-order valence-corrected chi connectivity index (χ4v) is 5.20. The van der Waals surface area contributed by atoms with Crippen molar-refractivity contribution in [1.29, 1.82) is 0 Å². The van der Waals surface area contributed by atoms with E-state index >= 15 is 0 Å². The quantitative estimate of drug-likeness (QED) is 0.408. The molecule has 1 N–H and O–H groups in total. The lowest BCUT2D eigenvalue weighted by Gasteiger charge is -2.11. The van der Waals surface area contributed by atoms with Crippen LogP contribution in [-0.4, -0.2) is 34.9 Å². The van der Waals surface area contributed by atoms with Gasteiger partial charge < -0.3 is 14.5 Å². The number of anilines is 1. The molecule has 0 bridgehead atoms. The van der Waals surface area contributed by atoms with Gasteiger partial charge in [-0.2, -0.15) is 0 Å². The average molecular weight is 456 g/mol. The van der Waals surface area contributed by atoms with E-state index in [1.54, 1.807) is 6.08 Å². The van der Waals surface area contributed by atoms with Crippen LogP contribution in [0.1, 0.15) is 45.1 Å². The Morgan fingerprint density at radius 1 is 1.19 bits per heavy atom. The summed E-state index contributed by atoms with van der Waals surface area (Å²) in [6.07, 6.45) is 7.50. The van der Waals surface area contributed by atoms with Crippen LogP contribution in [0.4, 0.5) is 5.00 Å². The van der Waals surface area contributed by atoms with Crippen LogP contribution in [0, 0.1) is 0 Å². The number of fused-ring (bicyclic) bond motifs is 1. The van der Waals surface area contributed by atoms with Crippen molar-refractivity contribution in [3.05, 3.63) is 57.8 Å². The van der Waals surface area contributed by atoms with Gasteiger partial charge in [0.15, 0.2) is 0 Å². The van der Waals surface area contributed by atoms with E-state index in [2.05, 4.69) is 15.5 Å². The molecule has 7 nitrogen and oxygen atoms in total. The summed E-state index contributed by atoms with van der Waals surface area (Å²) in [5, 5.41) is 11.7. The Kier molecular flexibility index (Phi) is 6.83. The fourth-order valence-electron chi connectivity index (χ4n) is 3.34. The second kappa shape index (κ2) is 9.93. The largest absolute Gasteiger partial charge is 0.465 e. The van der Waals surface area contributed by atoms with E-state index < -0.39 is 5.97 Å². The maximum Gasteiger partial charge on any atom is 0.341 e. The van der Waals surface area contributed by atoms with Gasteiger partial charge in [0, 0.05) is 11.0 Å². The summed E-state index contributed by atoms with van der Waals surface area (Å²) in [7, 11) is 1.36. The van der Waals surface area contributed by atoms with Crippen molar-refractivity contribution < 1.29 is 18.7 Å². The first-order valence-corrected chi connectivity index (χ1v) is 11.7. The molecule has 0 aliphatic heterocycles. The van der Waals surface area contributed by atoms with Gasteiger partial charge in [0.1, 0.15) is 5.00 Å². The van der Waals surface area contributed by atoms with Crippen LogP contribution >= 0.6 is 23.1 Å². The third-order valence-corrected chi connectivity index (χ3v) is 6.81. The molecule has 0 saturated carbocycles. The predicted molar refractivity (Wildman–Crippen MR) is 121 cm³/mol. The number of hydrogen-bond acceptors (Lipinski definition) is 8. The zero-order chi connectivity index (χ0) is 21.6. The van der Waals surface area contributed by atoms with E-state index in [4.69, 9.17) is 9.15 Å². The number of thioether (sulfide) groups is 1. The molecule has 2 heterocycles. The third-order valence-electron chi connectivity index (χ3n) is 4.78. The standard InChI is InChI=1S/C22H21N3O4S2/c1-28-21(27)19-15-9-5-6-10-16(15)31-20(19)23-17(26)13-30-22-25-24-18(29-22)12-11-14-7-3-2-4-8-14/h2-4,7-8,11-12H,5-6,9-10,13H2,1H3,(H,23,26). The van der Waals surface area contributed by atoms with E-state index in [9.17, 15) is 9.59 Å². The summed E-state index contributed by atoms with van der Waals surface area (Å²) >= 11 is 2.61. The first-order chi connectivity index (χ1) is 15.1. The Morgan fingerprint density at radius 3 is 2.81 bits per heavy atom. The monoisotopic (exact) mass is 455 g/mol. The summed E-state index contributed by atoms with van der Waals surface area (Å²) in [5.41, 5.74) is 2.53. The van der Waals surface area contributed by atoms with E-state index in [-0.39, 0.29) is 11.7 Å². The average Bonchev–Trinajstić information content (AvgIpc) is 3.40. The highest BCUT2D eigenvalue weighted by Crippen LogP contribution is 2.38. The Bertz CT molecular complexity index is 1110. The number of ether oxygens (including phenoxy) is 1. The van der Waals surface area contributed by atoms with Crippen molar-refractivity contribution >= 4 is 52.1 Å². The molecular weight excluding hydrogens is 434 g/mol. The van der Waals surface area contributed by atoms with Gasteiger partial charge in [-0.05, 0) is 42.9 Å². The number of methoxy groups -OCH3 is 1. The molecule has 31 heavy (non-hydrogen) atoms. The maximum absolute atomic E-state index is 12.5. The Labute approximate surface area is 187 Å². The number of carbonyl (C=O) groups is 2. The highest BCUT2D eigenvalue weighted by molar-refractivity contribution is 7.99. The van der Waals surface area contributed by atoms with Crippen LogP contribution in [0.2, 0.25) is 0 Å². The minimum atomic E-state index is -0.408. The summed E-state index contributed by atoms with van der Waals surface area (Å²) in [4.78, 5) is 25.9. The number of benzene rings is 1. The summed E-state index contributed by atoms with van der Waals surface area (Å²) in [6, 6.07) is 9.78. The number of rotatable bonds is 7. The van der Waals surface area contributed by atoms with Crippen LogP contribution in [0.15, 0.2) is 40.0 Å². The molecule has 0 unspecified atom stereocenters. The van der Waals surface area contributed by atoms with Crippen LogP contribution in [-0.2, 0) is 22.4 Å². The first kappa shape index (κ1) is 21.3. The minimum absolute atomic E-state index is 0.0905. The maximum atomic E-state index is 12.5. The van der Waals surface area contributed by atoms with Gasteiger partial charge in [0.25, 0.3) is 5.22 Å². The number of aromatic nitrogens is 2. The number of esters is 1. The van der Waals surface area contributed by atoms with Gasteiger partial charge in [-0.25, -0.2) is 4.79 Å². The van der Waals surface area contributed by atoms with Crippen molar-refractivity contribution in [2.24, 2.45) is 0 Å². The number of amides is 1. The SMILES string of the molecule is COC(=O)c1c(NC(=O)CSc2nnc(C=Cc3ccccc3)o2)sc2c1CCCC2. The van der Waals surface area contributed by atoms with Crippen molar-refractivity contribution in [3.63, 3.8) is 0 Å². The lowest BCUT2D eigenvalue weighted by molar-refractivity contribution is -0.113. The van der Waals surface area contributed by atoms with Crippen LogP contribution in [0.5, 0.6) is 0 Å². The van der Waals surface area contributed by atoms with Crippen molar-refractivity contribution in [2.45, 2.75) is 30.9 Å². The molecule has 4 rings (SSSR count). The van der Waals surface area contributed by atoms with Crippen LogP contribution in [0.25, 0.3) is 12.2 Å². The van der Waals surface area contributed by atoms with Gasteiger partial charge in [-0.3, -0.25) is 4.79 Å². The summed E-state index contributed by atoms with van der Waals surface area (Å²) in [6.45, 7) is 0. The smallest absolute Gasteiger partial charge is 0.341 e. The summed E-state index contributed by atoms with van der Waals surface area (Å²) in [5.74, 6) is -0.194. The third kappa shape index (κ3) is 5.23. The molecule has 0 radical (unpaired) electrons. The first-order valence-electron chi connectivity index (χ1n) is 9.86. The van der Waals surface area contributed by atoms with E-state index in [0.717, 1.165) is 53.4 Å². The topological polar surface area (TPSA) is 94.3 Å². The zero-order valence-corrected chi connectivity index (χ0v) is 18.6. The number of thiophene rings is 1. The van der Waals surface area contributed by atoms with Gasteiger partial charge in [0.05, 0.1) is 18.4 Å². The lowest BCUT2D eigenvalue weighted by Crippen LogP contribution is -2.16. The lowest BCUT2D eigenvalue weighted by atomic mass is 9.95. The molecule has 2 aromatic heterocycles. The molecule has 0 spiro atoms. The highest BCUT2D eigenvalue weighted by atomic mass is 32.2. The van der Waals surface area contributed by atoms with E-state index in [0.29, 0.717) is 21.7 Å². The molecule has 3 aromatic rings. The second-order valence-corrected chi connectivity index (χ2v) is 8.93. The molecule has 9 heteroatoms. The molecule has 0 fully saturated rings. The predicted octanol–water partition coefficient (Wildman–Crippen LogP) is 4.70. The molecular formula is C22H21N3O4S2. The molecule has 1 amide bonds. The molecule has 0 atom stereocenters. The Hall–Kier alpha value is -2.91. The number of nitrogens with zero attached hydrogens (tertiary/aromatic N) is 2. The number of aryl methyl sites for hydroxylation is 1. The highest BCUT2D eigenvalue weighted by Gasteiger charge is 2.27. The number of carbonyl (C=O) groups excluding carboxylic acids is 2. The van der Waals surface area contributed by atoms with Gasteiger partial charge in [0.2, 0.25) is 11.8 Å². The minimum Gasteiger partial charge on any atom is -0.465 e. The molecule has 0 saturated heterocycles. The van der Waals surface area contributed by atoms with Crippen LogP contribution < -0.4 is 5.32 Å². The van der Waals surface area contributed by atoms with Crippen molar-refractivity contribution in [1.82, 2.24) is 10.2 Å². The van der Waals surface area contributed by atoms with E-state index in [1.807, 2.05) is 36.4 Å². The van der Waals surface area contributed by atoms with Gasteiger partial charge in [-0.1, -0.05) is 42.1 Å². The Balaban J connectivity index is 1.37. The normalized spacial score (nSPS) is 13.2. The molecule has 160 valence electrons.